The maximum atomic E-state index is 12.5. The number of carbonyl (C=O) groups is 2. The fraction of sp³-hybridized carbons (Fsp3) is 0.182. The lowest BCUT2D eigenvalue weighted by Crippen LogP contribution is -2.22. The van der Waals surface area contributed by atoms with E-state index in [-0.39, 0.29) is 6.61 Å². The molecule has 0 aliphatic rings. The van der Waals surface area contributed by atoms with Crippen molar-refractivity contribution in [1.82, 2.24) is 0 Å². The van der Waals surface area contributed by atoms with E-state index in [4.69, 9.17) is 14.2 Å². The van der Waals surface area contributed by atoms with Crippen molar-refractivity contribution in [3.63, 3.8) is 0 Å². The van der Waals surface area contributed by atoms with Crippen LogP contribution < -0.4 is 4.74 Å². The van der Waals surface area contributed by atoms with E-state index in [2.05, 4.69) is 0 Å². The summed E-state index contributed by atoms with van der Waals surface area (Å²) in [4.78, 5) is 25.0. The summed E-state index contributed by atoms with van der Waals surface area (Å²) in [5.74, 6) is -0.582. The lowest BCUT2D eigenvalue weighted by atomic mass is 10.0. The molecule has 0 N–H and O–H groups in total. The van der Waals surface area contributed by atoms with Crippen molar-refractivity contribution in [3.05, 3.63) is 77.9 Å². The molecule has 0 radical (unpaired) electrons. The molecule has 0 aliphatic carbocycles. The fourth-order valence-electron chi connectivity index (χ4n) is 2.74. The van der Waals surface area contributed by atoms with E-state index in [1.54, 1.807) is 44.4 Å². The normalized spacial score (nSPS) is 11.6. The highest BCUT2D eigenvalue weighted by Gasteiger charge is 2.27. The molecule has 27 heavy (non-hydrogen) atoms. The third kappa shape index (κ3) is 4.26. The lowest BCUT2D eigenvalue weighted by molar-refractivity contribution is -0.153. The summed E-state index contributed by atoms with van der Waals surface area (Å²) in [6.45, 7) is 1.91. The molecule has 5 nitrogen and oxygen atoms in total. The average molecular weight is 364 g/mol. The van der Waals surface area contributed by atoms with Crippen LogP contribution in [-0.4, -0.2) is 25.7 Å². The van der Waals surface area contributed by atoms with Gasteiger partial charge in [-0.3, -0.25) is 0 Å². The third-order valence-corrected chi connectivity index (χ3v) is 4.13. The number of hydrogen-bond donors (Lipinski definition) is 0. The van der Waals surface area contributed by atoms with Crippen LogP contribution in [0.3, 0.4) is 0 Å². The molecule has 3 aromatic rings. The van der Waals surface area contributed by atoms with E-state index < -0.39 is 18.0 Å². The predicted octanol–water partition coefficient (Wildman–Crippen LogP) is 4.31. The third-order valence-electron chi connectivity index (χ3n) is 4.13. The molecule has 138 valence electrons. The highest BCUT2D eigenvalue weighted by Crippen LogP contribution is 2.25. The van der Waals surface area contributed by atoms with Gasteiger partial charge in [0.1, 0.15) is 5.75 Å². The van der Waals surface area contributed by atoms with Gasteiger partial charge in [-0.05, 0) is 48.0 Å². The zero-order chi connectivity index (χ0) is 19.2. The van der Waals surface area contributed by atoms with Crippen molar-refractivity contribution in [3.8, 4) is 5.75 Å². The second-order valence-electron chi connectivity index (χ2n) is 5.87. The van der Waals surface area contributed by atoms with E-state index >= 15 is 0 Å². The van der Waals surface area contributed by atoms with Crippen LogP contribution in [0.5, 0.6) is 5.75 Å². The van der Waals surface area contributed by atoms with Crippen LogP contribution in [0.15, 0.2) is 66.7 Å². The summed E-state index contributed by atoms with van der Waals surface area (Å²) >= 11 is 0. The Hall–Kier alpha value is -3.34. The second kappa shape index (κ2) is 8.36. The van der Waals surface area contributed by atoms with E-state index in [1.165, 1.54) is 0 Å². The van der Waals surface area contributed by atoms with Gasteiger partial charge in [0, 0.05) is 5.56 Å². The van der Waals surface area contributed by atoms with Crippen LogP contribution >= 0.6 is 0 Å². The highest BCUT2D eigenvalue weighted by atomic mass is 16.6. The summed E-state index contributed by atoms with van der Waals surface area (Å²) in [5.41, 5.74) is 0.889. The molecule has 0 saturated carbocycles. The van der Waals surface area contributed by atoms with Gasteiger partial charge in [-0.15, -0.1) is 0 Å². The quantitative estimate of drug-likeness (QED) is 0.610. The molecule has 0 heterocycles. The van der Waals surface area contributed by atoms with Gasteiger partial charge < -0.3 is 14.2 Å². The van der Waals surface area contributed by atoms with Crippen molar-refractivity contribution in [1.29, 1.82) is 0 Å². The molecule has 3 aromatic carbocycles. The molecular formula is C22H20O5. The van der Waals surface area contributed by atoms with Crippen LogP contribution in [0.1, 0.15) is 28.9 Å². The van der Waals surface area contributed by atoms with Gasteiger partial charge in [0.05, 0.1) is 19.3 Å². The molecule has 0 bridgehead atoms. The summed E-state index contributed by atoms with van der Waals surface area (Å²) in [5, 5.41) is 1.98. The standard InChI is InChI=1S/C22H20O5/c1-3-26-22(24)20(18-9-8-15-6-4-5-7-17(15)14-18)27-21(23)16-10-12-19(25-2)13-11-16/h4-14,20H,3H2,1-2H3. The molecule has 0 aromatic heterocycles. The Kier molecular flexibility index (Phi) is 5.71. The monoisotopic (exact) mass is 364 g/mol. The van der Waals surface area contributed by atoms with Crippen molar-refractivity contribution in [2.24, 2.45) is 0 Å². The number of fused-ring (bicyclic) bond motifs is 1. The molecular weight excluding hydrogens is 344 g/mol. The van der Waals surface area contributed by atoms with E-state index in [0.717, 1.165) is 10.8 Å². The lowest BCUT2D eigenvalue weighted by Gasteiger charge is -2.17. The second-order valence-corrected chi connectivity index (χ2v) is 5.87. The topological polar surface area (TPSA) is 61.8 Å². The molecule has 0 fully saturated rings. The van der Waals surface area contributed by atoms with Crippen molar-refractivity contribution in [2.75, 3.05) is 13.7 Å². The first-order chi connectivity index (χ1) is 13.1. The highest BCUT2D eigenvalue weighted by molar-refractivity contribution is 5.92. The Morgan fingerprint density at radius 2 is 1.63 bits per heavy atom. The van der Waals surface area contributed by atoms with Crippen molar-refractivity contribution < 1.29 is 23.8 Å². The number of rotatable bonds is 6. The number of carbonyl (C=O) groups excluding carboxylic acids is 2. The van der Waals surface area contributed by atoms with Crippen molar-refractivity contribution in [2.45, 2.75) is 13.0 Å². The molecule has 1 atom stereocenters. The Bertz CT molecular complexity index is 946. The number of esters is 2. The number of ether oxygens (including phenoxy) is 3. The zero-order valence-electron chi connectivity index (χ0n) is 15.2. The van der Waals surface area contributed by atoms with Crippen LogP contribution in [-0.2, 0) is 14.3 Å². The summed E-state index contributed by atoms with van der Waals surface area (Å²) in [6, 6.07) is 19.7. The van der Waals surface area contributed by atoms with Crippen LogP contribution in [0.4, 0.5) is 0 Å². The zero-order valence-corrected chi connectivity index (χ0v) is 15.2. The fourth-order valence-corrected chi connectivity index (χ4v) is 2.74. The minimum Gasteiger partial charge on any atom is -0.497 e. The first kappa shape index (κ1) is 18.5. The SMILES string of the molecule is CCOC(=O)C(OC(=O)c1ccc(OC)cc1)c1ccc2ccccc2c1. The molecule has 0 amide bonds. The number of hydrogen-bond acceptors (Lipinski definition) is 5. The van der Waals surface area contributed by atoms with E-state index in [1.807, 2.05) is 36.4 Å². The summed E-state index contributed by atoms with van der Waals surface area (Å²) < 4.78 is 15.7. The Labute approximate surface area is 157 Å². The Morgan fingerprint density at radius 3 is 2.30 bits per heavy atom. The average Bonchev–Trinajstić information content (AvgIpc) is 2.71. The van der Waals surface area contributed by atoms with Crippen LogP contribution in [0.25, 0.3) is 10.8 Å². The minimum absolute atomic E-state index is 0.197. The first-order valence-corrected chi connectivity index (χ1v) is 8.62. The molecule has 0 aliphatic heterocycles. The molecule has 1 unspecified atom stereocenters. The van der Waals surface area contributed by atoms with Gasteiger partial charge in [-0.2, -0.15) is 0 Å². The maximum absolute atomic E-state index is 12.5. The molecule has 0 spiro atoms. The Balaban J connectivity index is 1.89. The van der Waals surface area contributed by atoms with Gasteiger partial charge in [0.15, 0.2) is 0 Å². The van der Waals surface area contributed by atoms with Gasteiger partial charge >= 0.3 is 11.9 Å². The van der Waals surface area contributed by atoms with E-state index in [0.29, 0.717) is 16.9 Å². The van der Waals surface area contributed by atoms with Gasteiger partial charge in [0.25, 0.3) is 0 Å². The number of methoxy groups -OCH3 is 1. The number of benzene rings is 3. The van der Waals surface area contributed by atoms with E-state index in [9.17, 15) is 9.59 Å². The first-order valence-electron chi connectivity index (χ1n) is 8.62. The van der Waals surface area contributed by atoms with Gasteiger partial charge in [0.2, 0.25) is 6.10 Å². The molecule has 0 saturated heterocycles. The predicted molar refractivity (Wildman–Crippen MR) is 102 cm³/mol. The van der Waals surface area contributed by atoms with Gasteiger partial charge in [-0.25, -0.2) is 9.59 Å². The largest absolute Gasteiger partial charge is 0.497 e. The van der Waals surface area contributed by atoms with Crippen LogP contribution in [0.2, 0.25) is 0 Å². The summed E-state index contributed by atoms with van der Waals surface area (Å²) in [6.07, 6.45) is -1.14. The smallest absolute Gasteiger partial charge is 0.352 e. The molecule has 3 rings (SSSR count). The van der Waals surface area contributed by atoms with Crippen LogP contribution in [0, 0.1) is 0 Å². The molecule has 5 heteroatoms. The summed E-state index contributed by atoms with van der Waals surface area (Å²) in [7, 11) is 1.55. The maximum Gasteiger partial charge on any atom is 0.352 e. The minimum atomic E-state index is -1.14. The van der Waals surface area contributed by atoms with Crippen molar-refractivity contribution >= 4 is 22.7 Å². The van der Waals surface area contributed by atoms with Gasteiger partial charge in [-0.1, -0.05) is 36.4 Å². The Morgan fingerprint density at radius 1 is 0.926 bits per heavy atom.